The number of likely N-dealkylation sites (N-methyl/N-ethyl adjacent to an activating group) is 1. The molecule has 1 aromatic carbocycles. The average Bonchev–Trinajstić information content (AvgIpc) is 2.65. The van der Waals surface area contributed by atoms with Gasteiger partial charge in [0.25, 0.3) is 0 Å². The summed E-state index contributed by atoms with van der Waals surface area (Å²) in [6.45, 7) is 1.58. The van der Waals surface area contributed by atoms with Crippen LogP contribution in [0.5, 0.6) is 11.5 Å². The molecular formula is C21H31F2N3O4. The first-order valence-electron chi connectivity index (χ1n) is 10.3. The number of amides is 3. The molecule has 9 heteroatoms. The summed E-state index contributed by atoms with van der Waals surface area (Å²) >= 11 is 0. The van der Waals surface area contributed by atoms with Gasteiger partial charge in [0.2, 0.25) is 5.91 Å². The summed E-state index contributed by atoms with van der Waals surface area (Å²) in [5, 5.41) is 5.25. The third-order valence-corrected chi connectivity index (χ3v) is 5.07. The second kappa shape index (κ2) is 11.7. The molecule has 0 bridgehead atoms. The molecule has 30 heavy (non-hydrogen) atoms. The Morgan fingerprint density at radius 3 is 2.63 bits per heavy atom. The topological polar surface area (TPSA) is 79.9 Å². The van der Waals surface area contributed by atoms with Crippen LogP contribution in [0.1, 0.15) is 45.1 Å². The molecule has 2 N–H and O–H groups in total. The highest BCUT2D eigenvalue weighted by Crippen LogP contribution is 2.30. The Kier molecular flexibility index (Phi) is 9.29. The molecule has 1 saturated carbocycles. The zero-order chi connectivity index (χ0) is 22.1. The molecule has 2 atom stereocenters. The van der Waals surface area contributed by atoms with Crippen LogP contribution in [0.4, 0.5) is 13.6 Å². The van der Waals surface area contributed by atoms with Gasteiger partial charge in [-0.25, -0.2) is 4.79 Å². The van der Waals surface area contributed by atoms with E-state index < -0.39 is 18.5 Å². The lowest BCUT2D eigenvalue weighted by molar-refractivity contribution is -0.121. The van der Waals surface area contributed by atoms with E-state index in [9.17, 15) is 18.4 Å². The van der Waals surface area contributed by atoms with Crippen LogP contribution in [0.15, 0.2) is 18.2 Å². The van der Waals surface area contributed by atoms with Crippen molar-refractivity contribution in [2.45, 2.75) is 58.7 Å². The summed E-state index contributed by atoms with van der Waals surface area (Å²) in [6, 6.07) is 4.27. The Morgan fingerprint density at radius 2 is 1.97 bits per heavy atom. The predicted molar refractivity (Wildman–Crippen MR) is 109 cm³/mol. The number of rotatable bonds is 9. The number of benzene rings is 1. The Balaban J connectivity index is 1.85. The maximum Gasteiger partial charge on any atom is 0.387 e. The van der Waals surface area contributed by atoms with Crippen LogP contribution in [-0.4, -0.2) is 49.7 Å². The molecule has 3 amide bonds. The number of alkyl halides is 2. The minimum absolute atomic E-state index is 0.00684. The SMILES string of the molecule is CCOc1cc(CN(C)CC(=O)NC(=O)NC2CCCCC2C)ccc1OC(F)F. The minimum atomic E-state index is -2.94. The lowest BCUT2D eigenvalue weighted by atomic mass is 9.86. The minimum Gasteiger partial charge on any atom is -0.490 e. The highest BCUT2D eigenvalue weighted by Gasteiger charge is 2.23. The smallest absolute Gasteiger partial charge is 0.387 e. The zero-order valence-electron chi connectivity index (χ0n) is 17.7. The highest BCUT2D eigenvalue weighted by atomic mass is 19.3. The summed E-state index contributed by atoms with van der Waals surface area (Å²) in [4.78, 5) is 26.0. The summed E-state index contributed by atoms with van der Waals surface area (Å²) in [5.74, 6) is 0.165. The third-order valence-electron chi connectivity index (χ3n) is 5.07. The molecule has 0 saturated heterocycles. The van der Waals surface area contributed by atoms with E-state index in [2.05, 4.69) is 22.3 Å². The molecule has 0 aromatic heterocycles. The standard InChI is InChI=1S/C21H31F2N3O4/c1-4-29-18-11-15(9-10-17(18)30-20(22)23)12-26(3)13-19(27)25-21(28)24-16-8-6-5-7-14(16)2/h9-11,14,16,20H,4-8,12-13H2,1-3H3,(H2,24,25,27,28). The van der Waals surface area contributed by atoms with E-state index in [0.717, 1.165) is 24.8 Å². The number of hydrogen-bond acceptors (Lipinski definition) is 5. The fourth-order valence-corrected chi connectivity index (χ4v) is 3.63. The van der Waals surface area contributed by atoms with Crippen LogP contribution in [0.3, 0.4) is 0 Å². The van der Waals surface area contributed by atoms with Crippen molar-refractivity contribution in [1.82, 2.24) is 15.5 Å². The number of urea groups is 1. The molecule has 1 aliphatic carbocycles. The molecule has 0 radical (unpaired) electrons. The Hall–Kier alpha value is -2.42. The van der Waals surface area contributed by atoms with Crippen LogP contribution in [0, 0.1) is 5.92 Å². The lowest BCUT2D eigenvalue weighted by Gasteiger charge is -2.29. The number of imide groups is 1. The van der Waals surface area contributed by atoms with Crippen molar-refractivity contribution in [3.05, 3.63) is 23.8 Å². The van der Waals surface area contributed by atoms with Crippen LogP contribution < -0.4 is 20.1 Å². The molecule has 168 valence electrons. The summed E-state index contributed by atoms with van der Waals surface area (Å²) in [6.07, 6.45) is 4.25. The van der Waals surface area contributed by atoms with E-state index in [0.29, 0.717) is 19.1 Å². The van der Waals surface area contributed by atoms with E-state index in [1.165, 1.54) is 12.5 Å². The Morgan fingerprint density at radius 1 is 1.23 bits per heavy atom. The normalized spacial score (nSPS) is 18.9. The molecule has 0 spiro atoms. The van der Waals surface area contributed by atoms with Crippen molar-refractivity contribution in [3.8, 4) is 11.5 Å². The Labute approximate surface area is 176 Å². The van der Waals surface area contributed by atoms with Crippen LogP contribution >= 0.6 is 0 Å². The fraction of sp³-hybridized carbons (Fsp3) is 0.619. The second-order valence-corrected chi connectivity index (χ2v) is 7.65. The molecular weight excluding hydrogens is 396 g/mol. The molecule has 0 aliphatic heterocycles. The van der Waals surface area contributed by atoms with Crippen LogP contribution in [0.2, 0.25) is 0 Å². The summed E-state index contributed by atoms with van der Waals surface area (Å²) in [5.41, 5.74) is 0.760. The number of carbonyl (C=O) groups excluding carboxylic acids is 2. The zero-order valence-corrected chi connectivity index (χ0v) is 17.7. The molecule has 7 nitrogen and oxygen atoms in total. The largest absolute Gasteiger partial charge is 0.490 e. The van der Waals surface area contributed by atoms with Crippen LogP contribution in [0.25, 0.3) is 0 Å². The van der Waals surface area contributed by atoms with Gasteiger partial charge in [0, 0.05) is 12.6 Å². The van der Waals surface area contributed by atoms with Crippen molar-refractivity contribution < 1.29 is 27.8 Å². The van der Waals surface area contributed by atoms with E-state index in [1.54, 1.807) is 31.0 Å². The summed E-state index contributed by atoms with van der Waals surface area (Å²) in [7, 11) is 1.73. The fourth-order valence-electron chi connectivity index (χ4n) is 3.63. The average molecular weight is 427 g/mol. The van der Waals surface area contributed by atoms with Gasteiger partial charge < -0.3 is 14.8 Å². The first-order chi connectivity index (χ1) is 14.3. The van der Waals surface area contributed by atoms with E-state index >= 15 is 0 Å². The van der Waals surface area contributed by atoms with Crippen molar-refractivity contribution in [1.29, 1.82) is 0 Å². The number of nitrogens with one attached hydrogen (secondary N) is 2. The summed E-state index contributed by atoms with van der Waals surface area (Å²) < 4.78 is 34.8. The van der Waals surface area contributed by atoms with E-state index in [1.807, 2.05) is 0 Å². The number of ether oxygens (including phenoxy) is 2. The van der Waals surface area contributed by atoms with Gasteiger partial charge in [-0.1, -0.05) is 25.8 Å². The molecule has 2 unspecified atom stereocenters. The monoisotopic (exact) mass is 427 g/mol. The van der Waals surface area contributed by atoms with E-state index in [4.69, 9.17) is 4.74 Å². The number of hydrogen-bond donors (Lipinski definition) is 2. The third kappa shape index (κ3) is 7.78. The highest BCUT2D eigenvalue weighted by molar-refractivity contribution is 5.95. The van der Waals surface area contributed by atoms with Gasteiger partial charge in [0.15, 0.2) is 11.5 Å². The van der Waals surface area contributed by atoms with Gasteiger partial charge >= 0.3 is 12.6 Å². The maximum absolute atomic E-state index is 12.5. The number of carbonyl (C=O) groups is 2. The maximum atomic E-state index is 12.5. The van der Waals surface area contributed by atoms with Gasteiger partial charge in [-0.2, -0.15) is 8.78 Å². The lowest BCUT2D eigenvalue weighted by Crippen LogP contribution is -2.49. The molecule has 1 aliphatic rings. The first kappa shape index (κ1) is 23.9. The van der Waals surface area contributed by atoms with Gasteiger partial charge in [-0.3, -0.25) is 15.0 Å². The van der Waals surface area contributed by atoms with Gasteiger partial charge in [0.05, 0.1) is 13.2 Å². The van der Waals surface area contributed by atoms with Crippen molar-refractivity contribution in [3.63, 3.8) is 0 Å². The quantitative estimate of drug-likeness (QED) is 0.630. The van der Waals surface area contributed by atoms with Gasteiger partial charge in [-0.15, -0.1) is 0 Å². The second-order valence-electron chi connectivity index (χ2n) is 7.65. The molecule has 1 aromatic rings. The van der Waals surface area contributed by atoms with Crippen molar-refractivity contribution >= 4 is 11.9 Å². The van der Waals surface area contributed by atoms with Crippen LogP contribution in [-0.2, 0) is 11.3 Å². The predicted octanol–water partition coefficient (Wildman–Crippen LogP) is 3.52. The Bertz CT molecular complexity index is 717. The first-order valence-corrected chi connectivity index (χ1v) is 10.3. The molecule has 1 fully saturated rings. The van der Waals surface area contributed by atoms with Crippen molar-refractivity contribution in [2.75, 3.05) is 20.2 Å². The van der Waals surface area contributed by atoms with Gasteiger partial charge in [0.1, 0.15) is 0 Å². The van der Waals surface area contributed by atoms with Crippen molar-refractivity contribution in [2.24, 2.45) is 5.92 Å². The number of halogens is 2. The van der Waals surface area contributed by atoms with Gasteiger partial charge in [-0.05, 0) is 50.4 Å². The molecule has 2 rings (SSSR count). The van der Waals surface area contributed by atoms with E-state index in [-0.39, 0.29) is 24.1 Å². The molecule has 0 heterocycles. The number of nitrogens with zero attached hydrogens (tertiary/aromatic N) is 1.